The highest BCUT2D eigenvalue weighted by Gasteiger charge is 2.28. The molecule has 2 aliphatic rings. The van der Waals surface area contributed by atoms with Gasteiger partial charge in [-0.2, -0.15) is 5.26 Å². The number of nitrogens with zero attached hydrogens (tertiary/aromatic N) is 3. The van der Waals surface area contributed by atoms with Gasteiger partial charge in [-0.15, -0.1) is 0 Å². The van der Waals surface area contributed by atoms with Crippen molar-refractivity contribution >= 4 is 6.03 Å². The molecule has 6 nitrogen and oxygen atoms in total. The van der Waals surface area contributed by atoms with E-state index in [1.165, 1.54) is 0 Å². The maximum atomic E-state index is 12.4. The van der Waals surface area contributed by atoms with E-state index in [0.717, 1.165) is 18.5 Å². The quantitative estimate of drug-likeness (QED) is 0.837. The molecule has 6 heteroatoms. The van der Waals surface area contributed by atoms with Gasteiger partial charge in [0.25, 0.3) is 0 Å². The Kier molecular flexibility index (Phi) is 4.45. The number of urea groups is 1. The fraction of sp³-hybridized carbons (Fsp3) is 0.500. The van der Waals surface area contributed by atoms with E-state index in [0.29, 0.717) is 26.2 Å². The number of benzene rings is 1. The minimum atomic E-state index is -0.0696. The average Bonchev–Trinajstić information content (AvgIpc) is 3.03. The smallest absolute Gasteiger partial charge is 0.317 e. The van der Waals surface area contributed by atoms with Crippen molar-refractivity contribution in [3.8, 4) is 6.19 Å². The molecule has 2 atom stereocenters. The van der Waals surface area contributed by atoms with Crippen LogP contribution in [0.1, 0.15) is 18.1 Å². The van der Waals surface area contributed by atoms with Crippen LogP contribution in [0.15, 0.2) is 30.3 Å². The summed E-state index contributed by atoms with van der Waals surface area (Å²) in [4.78, 5) is 15.9. The van der Waals surface area contributed by atoms with E-state index >= 15 is 0 Å². The number of carbonyl (C=O) groups excluding carboxylic acids is 1. The maximum absolute atomic E-state index is 12.4. The SMILES string of the molecule is N#CN1CC[C@@H](NC(=O)N2CCOC(c3ccccc3)C2)C1. The molecule has 0 aromatic heterocycles. The summed E-state index contributed by atoms with van der Waals surface area (Å²) in [7, 11) is 0. The molecule has 0 radical (unpaired) electrons. The summed E-state index contributed by atoms with van der Waals surface area (Å²) < 4.78 is 5.78. The molecule has 0 saturated carbocycles. The molecule has 1 aromatic carbocycles. The van der Waals surface area contributed by atoms with Crippen LogP contribution in [-0.2, 0) is 4.74 Å². The molecule has 1 N–H and O–H groups in total. The van der Waals surface area contributed by atoms with Crippen LogP contribution in [0.25, 0.3) is 0 Å². The first kappa shape index (κ1) is 14.7. The van der Waals surface area contributed by atoms with Gasteiger partial charge in [-0.3, -0.25) is 0 Å². The number of hydrogen-bond acceptors (Lipinski definition) is 4. The lowest BCUT2D eigenvalue weighted by atomic mass is 10.1. The third kappa shape index (κ3) is 3.31. The molecule has 2 aliphatic heterocycles. The first-order valence-corrected chi connectivity index (χ1v) is 7.63. The molecule has 1 aromatic rings. The van der Waals surface area contributed by atoms with Gasteiger partial charge < -0.3 is 19.9 Å². The van der Waals surface area contributed by atoms with E-state index in [9.17, 15) is 4.79 Å². The van der Waals surface area contributed by atoms with Gasteiger partial charge in [-0.05, 0) is 12.0 Å². The van der Waals surface area contributed by atoms with Gasteiger partial charge in [0.15, 0.2) is 6.19 Å². The Balaban J connectivity index is 1.56. The van der Waals surface area contributed by atoms with Crippen molar-refractivity contribution in [3.63, 3.8) is 0 Å². The van der Waals surface area contributed by atoms with Crippen LogP contribution in [0, 0.1) is 11.5 Å². The molecule has 2 heterocycles. The predicted molar refractivity (Wildman–Crippen MR) is 80.8 cm³/mol. The molecule has 2 amide bonds. The topological polar surface area (TPSA) is 68.6 Å². The Morgan fingerprint density at radius 3 is 2.82 bits per heavy atom. The van der Waals surface area contributed by atoms with E-state index in [4.69, 9.17) is 10.00 Å². The van der Waals surface area contributed by atoms with Gasteiger partial charge in [0, 0.05) is 19.6 Å². The predicted octanol–water partition coefficient (Wildman–Crippen LogP) is 1.32. The lowest BCUT2D eigenvalue weighted by Crippen LogP contribution is -2.50. The largest absolute Gasteiger partial charge is 0.370 e. The molecule has 2 saturated heterocycles. The second-order valence-electron chi connectivity index (χ2n) is 5.70. The van der Waals surface area contributed by atoms with Crippen molar-refractivity contribution < 1.29 is 9.53 Å². The van der Waals surface area contributed by atoms with Gasteiger partial charge in [-0.1, -0.05) is 30.3 Å². The second kappa shape index (κ2) is 6.67. The Hall–Kier alpha value is -2.26. The van der Waals surface area contributed by atoms with E-state index in [1.54, 1.807) is 9.80 Å². The third-order valence-corrected chi connectivity index (χ3v) is 4.18. The molecule has 22 heavy (non-hydrogen) atoms. The van der Waals surface area contributed by atoms with Gasteiger partial charge in [0.05, 0.1) is 19.2 Å². The molecule has 3 rings (SSSR count). The number of likely N-dealkylation sites (tertiary alicyclic amines) is 1. The van der Waals surface area contributed by atoms with Gasteiger partial charge in [0.2, 0.25) is 0 Å². The number of hydrogen-bond donors (Lipinski definition) is 1. The molecule has 0 bridgehead atoms. The van der Waals surface area contributed by atoms with Crippen LogP contribution >= 0.6 is 0 Å². The maximum Gasteiger partial charge on any atom is 0.317 e. The van der Waals surface area contributed by atoms with E-state index in [-0.39, 0.29) is 18.2 Å². The fourth-order valence-corrected chi connectivity index (χ4v) is 2.94. The summed E-state index contributed by atoms with van der Waals surface area (Å²) in [5, 5.41) is 11.9. The van der Waals surface area contributed by atoms with Crippen molar-refractivity contribution in [2.45, 2.75) is 18.6 Å². The highest BCUT2D eigenvalue weighted by molar-refractivity contribution is 5.74. The number of nitrogens with one attached hydrogen (secondary N) is 1. The number of rotatable bonds is 2. The molecule has 2 fully saturated rings. The summed E-state index contributed by atoms with van der Waals surface area (Å²) >= 11 is 0. The summed E-state index contributed by atoms with van der Waals surface area (Å²) in [5.74, 6) is 0. The molecule has 116 valence electrons. The first-order chi connectivity index (χ1) is 10.8. The number of carbonyl (C=O) groups is 1. The van der Waals surface area contributed by atoms with Crippen LogP contribution in [0.3, 0.4) is 0 Å². The lowest BCUT2D eigenvalue weighted by Gasteiger charge is -2.33. The highest BCUT2D eigenvalue weighted by atomic mass is 16.5. The minimum absolute atomic E-state index is 0.0603. The number of nitriles is 1. The van der Waals surface area contributed by atoms with Crippen molar-refractivity contribution in [3.05, 3.63) is 35.9 Å². The number of amides is 2. The molecular formula is C16H20N4O2. The van der Waals surface area contributed by atoms with Gasteiger partial charge >= 0.3 is 6.03 Å². The summed E-state index contributed by atoms with van der Waals surface area (Å²) in [6, 6.07) is 9.97. The molecule has 1 unspecified atom stereocenters. The van der Waals surface area contributed by atoms with Crippen molar-refractivity contribution in [1.82, 2.24) is 15.1 Å². The Bertz CT molecular complexity index is 557. The Morgan fingerprint density at radius 1 is 1.27 bits per heavy atom. The van der Waals surface area contributed by atoms with E-state index < -0.39 is 0 Å². The monoisotopic (exact) mass is 300 g/mol. The van der Waals surface area contributed by atoms with Crippen molar-refractivity contribution in [1.29, 1.82) is 5.26 Å². The Labute approximate surface area is 130 Å². The number of morpholine rings is 1. The molecule has 0 spiro atoms. The molecule has 0 aliphatic carbocycles. The van der Waals surface area contributed by atoms with Crippen LogP contribution in [0.4, 0.5) is 4.79 Å². The zero-order valence-corrected chi connectivity index (χ0v) is 12.4. The van der Waals surface area contributed by atoms with E-state index in [1.807, 2.05) is 30.3 Å². The van der Waals surface area contributed by atoms with E-state index in [2.05, 4.69) is 11.5 Å². The van der Waals surface area contributed by atoms with Crippen LogP contribution in [-0.4, -0.2) is 54.7 Å². The number of ether oxygens (including phenoxy) is 1. The van der Waals surface area contributed by atoms with Crippen LogP contribution < -0.4 is 5.32 Å². The average molecular weight is 300 g/mol. The lowest BCUT2D eigenvalue weighted by molar-refractivity contribution is -0.0157. The van der Waals surface area contributed by atoms with Crippen LogP contribution in [0.5, 0.6) is 0 Å². The highest BCUT2D eigenvalue weighted by Crippen LogP contribution is 2.22. The molecular weight excluding hydrogens is 280 g/mol. The van der Waals surface area contributed by atoms with Crippen molar-refractivity contribution in [2.75, 3.05) is 32.8 Å². The van der Waals surface area contributed by atoms with Crippen LogP contribution in [0.2, 0.25) is 0 Å². The van der Waals surface area contributed by atoms with Crippen molar-refractivity contribution in [2.24, 2.45) is 0 Å². The Morgan fingerprint density at radius 2 is 2.09 bits per heavy atom. The third-order valence-electron chi connectivity index (χ3n) is 4.18. The standard InChI is InChI=1S/C16H20N4O2/c17-12-19-7-6-14(10-19)18-16(21)20-8-9-22-15(11-20)13-4-2-1-3-5-13/h1-5,14-15H,6-11H2,(H,18,21)/t14-,15?/m1/s1. The second-order valence-corrected chi connectivity index (χ2v) is 5.70. The minimum Gasteiger partial charge on any atom is -0.370 e. The van der Waals surface area contributed by atoms with Gasteiger partial charge in [-0.25, -0.2) is 4.79 Å². The summed E-state index contributed by atoms with van der Waals surface area (Å²) in [6.07, 6.45) is 2.88. The zero-order valence-electron chi connectivity index (χ0n) is 12.4. The first-order valence-electron chi connectivity index (χ1n) is 7.63. The van der Waals surface area contributed by atoms with Gasteiger partial charge in [0.1, 0.15) is 6.10 Å². The fourth-order valence-electron chi connectivity index (χ4n) is 2.94. The summed E-state index contributed by atoms with van der Waals surface area (Å²) in [6.45, 7) is 3.03. The zero-order chi connectivity index (χ0) is 15.4. The summed E-state index contributed by atoms with van der Waals surface area (Å²) in [5.41, 5.74) is 1.09. The normalized spacial score (nSPS) is 24.9.